The summed E-state index contributed by atoms with van der Waals surface area (Å²) >= 11 is 6.29. The Hall–Kier alpha value is -3.39. The number of rotatable bonds is 6. The molecule has 0 unspecified atom stereocenters. The molecule has 1 amide bonds. The molecular weight excluding hydrogens is 481 g/mol. The molecule has 0 spiro atoms. The lowest BCUT2D eigenvalue weighted by molar-refractivity contribution is -0.137. The van der Waals surface area contributed by atoms with Crippen LogP contribution in [0.2, 0.25) is 5.02 Å². The van der Waals surface area contributed by atoms with Crippen molar-refractivity contribution in [3.8, 4) is 5.75 Å². The zero-order valence-electron chi connectivity index (χ0n) is 18.6. The van der Waals surface area contributed by atoms with Crippen molar-refractivity contribution < 1.29 is 27.5 Å². The SMILES string of the molecule is O=C(Cc1ccc(Cl)c(OC2CCN(C(=O)c3cccnc3)CC2)c1)c1cccc(C(F)(F)F)c1. The largest absolute Gasteiger partial charge is 0.489 e. The van der Waals surface area contributed by atoms with Crippen LogP contribution in [0.15, 0.2) is 67.0 Å². The lowest BCUT2D eigenvalue weighted by Gasteiger charge is -2.32. The Labute approximate surface area is 205 Å². The highest BCUT2D eigenvalue weighted by atomic mass is 35.5. The Morgan fingerprint density at radius 1 is 1.03 bits per heavy atom. The van der Waals surface area contributed by atoms with Gasteiger partial charge in [-0.1, -0.05) is 29.8 Å². The minimum absolute atomic E-state index is 0.0112. The van der Waals surface area contributed by atoms with Gasteiger partial charge in [-0.25, -0.2) is 0 Å². The minimum atomic E-state index is -4.52. The van der Waals surface area contributed by atoms with Crippen LogP contribution in [0.4, 0.5) is 13.2 Å². The number of piperidine rings is 1. The van der Waals surface area contributed by atoms with Crippen LogP contribution >= 0.6 is 11.6 Å². The van der Waals surface area contributed by atoms with Gasteiger partial charge in [-0.15, -0.1) is 0 Å². The Kier molecular flexibility index (Phi) is 7.40. The van der Waals surface area contributed by atoms with Crippen LogP contribution in [-0.4, -0.2) is 40.8 Å². The molecule has 1 saturated heterocycles. The summed E-state index contributed by atoms with van der Waals surface area (Å²) in [5, 5.41) is 0.370. The summed E-state index contributed by atoms with van der Waals surface area (Å²) in [4.78, 5) is 30.9. The fourth-order valence-electron chi connectivity index (χ4n) is 3.93. The number of likely N-dealkylation sites (tertiary alicyclic amines) is 1. The van der Waals surface area contributed by atoms with Crippen molar-refractivity contribution in [1.29, 1.82) is 0 Å². The molecule has 1 fully saturated rings. The average molecular weight is 503 g/mol. The normalized spacial score (nSPS) is 14.6. The van der Waals surface area contributed by atoms with Crippen molar-refractivity contribution in [3.05, 3.63) is 94.3 Å². The predicted octanol–water partition coefficient (Wildman–Crippen LogP) is 5.86. The van der Waals surface area contributed by atoms with Crippen LogP contribution < -0.4 is 4.74 Å². The van der Waals surface area contributed by atoms with Gasteiger partial charge in [-0.05, 0) is 42.0 Å². The standard InChI is InChI=1S/C26H22ClF3N2O3/c27-22-7-6-17(13-23(33)18-3-1-5-20(15-18)26(28,29)30)14-24(22)35-21-8-11-32(12-9-21)25(34)19-4-2-10-31-16-19/h1-7,10,14-16,21H,8-9,11-13H2. The summed E-state index contributed by atoms with van der Waals surface area (Å²) in [7, 11) is 0. The van der Waals surface area contributed by atoms with Crippen LogP contribution in [0.3, 0.4) is 0 Å². The molecule has 0 aliphatic carbocycles. The highest BCUT2D eigenvalue weighted by Crippen LogP contribution is 2.31. The molecule has 1 aliphatic heterocycles. The summed E-state index contributed by atoms with van der Waals surface area (Å²) in [6.07, 6.45) is -0.410. The second-order valence-corrected chi connectivity index (χ2v) is 8.70. The maximum Gasteiger partial charge on any atom is 0.416 e. The molecule has 3 aromatic rings. The van der Waals surface area contributed by atoms with Gasteiger partial charge in [-0.3, -0.25) is 14.6 Å². The molecule has 1 aliphatic rings. The Morgan fingerprint density at radius 3 is 2.46 bits per heavy atom. The quantitative estimate of drug-likeness (QED) is 0.396. The molecule has 182 valence electrons. The van der Waals surface area contributed by atoms with E-state index in [-0.39, 0.29) is 24.0 Å². The number of ether oxygens (including phenoxy) is 1. The number of benzene rings is 2. The summed E-state index contributed by atoms with van der Waals surface area (Å²) in [6, 6.07) is 12.7. The second-order valence-electron chi connectivity index (χ2n) is 8.29. The average Bonchev–Trinajstić information content (AvgIpc) is 2.86. The number of hydrogen-bond donors (Lipinski definition) is 0. The lowest BCUT2D eigenvalue weighted by Crippen LogP contribution is -2.41. The van der Waals surface area contributed by atoms with E-state index in [1.807, 2.05) is 0 Å². The number of carbonyl (C=O) groups excluding carboxylic acids is 2. The molecule has 2 aromatic carbocycles. The first-order valence-electron chi connectivity index (χ1n) is 11.1. The number of hydrogen-bond acceptors (Lipinski definition) is 4. The molecule has 0 radical (unpaired) electrons. The number of nitrogens with zero attached hydrogens (tertiary/aromatic N) is 2. The molecule has 1 aromatic heterocycles. The number of pyridine rings is 1. The van der Waals surface area contributed by atoms with Gasteiger partial charge in [0, 0.05) is 50.3 Å². The minimum Gasteiger partial charge on any atom is -0.489 e. The molecule has 4 rings (SSSR count). The lowest BCUT2D eigenvalue weighted by atomic mass is 10.0. The fourth-order valence-corrected chi connectivity index (χ4v) is 4.09. The molecule has 5 nitrogen and oxygen atoms in total. The van der Waals surface area contributed by atoms with Gasteiger partial charge in [-0.2, -0.15) is 13.2 Å². The Bertz CT molecular complexity index is 1210. The van der Waals surface area contributed by atoms with Crippen molar-refractivity contribution in [2.45, 2.75) is 31.5 Å². The third kappa shape index (κ3) is 6.19. The van der Waals surface area contributed by atoms with Crippen molar-refractivity contribution in [1.82, 2.24) is 9.88 Å². The fraction of sp³-hybridized carbons (Fsp3) is 0.269. The Morgan fingerprint density at radius 2 is 1.77 bits per heavy atom. The molecule has 35 heavy (non-hydrogen) atoms. The number of ketones is 1. The van der Waals surface area contributed by atoms with E-state index in [9.17, 15) is 22.8 Å². The second kappa shape index (κ2) is 10.5. The van der Waals surface area contributed by atoms with Crippen LogP contribution in [0.5, 0.6) is 5.75 Å². The number of amides is 1. The number of carbonyl (C=O) groups is 2. The van der Waals surface area contributed by atoms with E-state index < -0.39 is 17.5 Å². The van der Waals surface area contributed by atoms with E-state index in [1.165, 1.54) is 18.3 Å². The zero-order chi connectivity index (χ0) is 25.0. The topological polar surface area (TPSA) is 59.5 Å². The predicted molar refractivity (Wildman–Crippen MR) is 125 cm³/mol. The number of alkyl halides is 3. The van der Waals surface area contributed by atoms with Crippen molar-refractivity contribution >= 4 is 23.3 Å². The van der Waals surface area contributed by atoms with E-state index in [4.69, 9.17) is 16.3 Å². The number of halogens is 4. The van der Waals surface area contributed by atoms with Crippen LogP contribution in [-0.2, 0) is 12.6 Å². The van der Waals surface area contributed by atoms with E-state index in [2.05, 4.69) is 4.98 Å². The van der Waals surface area contributed by atoms with E-state index in [1.54, 1.807) is 41.4 Å². The molecular formula is C26H22ClF3N2O3. The van der Waals surface area contributed by atoms with Gasteiger partial charge < -0.3 is 9.64 Å². The molecule has 0 N–H and O–H groups in total. The van der Waals surface area contributed by atoms with Crippen LogP contribution in [0, 0.1) is 0 Å². The third-order valence-corrected chi connectivity index (χ3v) is 6.12. The Balaban J connectivity index is 1.38. The van der Waals surface area contributed by atoms with Crippen molar-refractivity contribution in [3.63, 3.8) is 0 Å². The summed E-state index contributed by atoms with van der Waals surface area (Å²) in [6.45, 7) is 1.04. The van der Waals surface area contributed by atoms with E-state index >= 15 is 0 Å². The highest BCUT2D eigenvalue weighted by molar-refractivity contribution is 6.32. The van der Waals surface area contributed by atoms with Gasteiger partial charge >= 0.3 is 6.18 Å². The van der Waals surface area contributed by atoms with Crippen LogP contribution in [0.25, 0.3) is 0 Å². The van der Waals surface area contributed by atoms with Gasteiger partial charge in [0.25, 0.3) is 5.91 Å². The summed E-state index contributed by atoms with van der Waals surface area (Å²) in [5.41, 5.74) is 0.240. The maximum atomic E-state index is 13.0. The monoisotopic (exact) mass is 502 g/mol. The van der Waals surface area contributed by atoms with Crippen molar-refractivity contribution in [2.24, 2.45) is 0 Å². The molecule has 0 saturated carbocycles. The van der Waals surface area contributed by atoms with Gasteiger partial charge in [0.15, 0.2) is 5.78 Å². The molecule has 9 heteroatoms. The van der Waals surface area contributed by atoms with Gasteiger partial charge in [0.2, 0.25) is 0 Å². The first kappa shape index (κ1) is 24.7. The highest BCUT2D eigenvalue weighted by Gasteiger charge is 2.31. The van der Waals surface area contributed by atoms with E-state index in [0.29, 0.717) is 47.8 Å². The van der Waals surface area contributed by atoms with Crippen molar-refractivity contribution in [2.75, 3.05) is 13.1 Å². The van der Waals surface area contributed by atoms with Gasteiger partial charge in [0.05, 0.1) is 16.1 Å². The first-order valence-corrected chi connectivity index (χ1v) is 11.4. The zero-order valence-corrected chi connectivity index (χ0v) is 19.4. The molecule has 0 atom stereocenters. The number of aromatic nitrogens is 1. The summed E-state index contributed by atoms with van der Waals surface area (Å²) < 4.78 is 45.0. The first-order chi connectivity index (χ1) is 16.7. The summed E-state index contributed by atoms with van der Waals surface area (Å²) in [5.74, 6) is -0.116. The van der Waals surface area contributed by atoms with Crippen LogP contribution in [0.1, 0.15) is 44.7 Å². The third-order valence-electron chi connectivity index (χ3n) is 5.80. The molecule has 2 heterocycles. The number of Topliss-reactive ketones (excluding diaryl/α,β-unsaturated/α-hetero) is 1. The molecule has 0 bridgehead atoms. The maximum absolute atomic E-state index is 13.0. The smallest absolute Gasteiger partial charge is 0.416 e. The van der Waals surface area contributed by atoms with E-state index in [0.717, 1.165) is 12.1 Å². The van der Waals surface area contributed by atoms with Gasteiger partial charge in [0.1, 0.15) is 11.9 Å².